The van der Waals surface area contributed by atoms with Crippen LogP contribution < -0.4 is 10.9 Å². The Labute approximate surface area is 156 Å². The third-order valence-corrected chi connectivity index (χ3v) is 4.49. The molecule has 1 N–H and O–H groups in total. The van der Waals surface area contributed by atoms with Gasteiger partial charge in [-0.15, -0.1) is 0 Å². The van der Waals surface area contributed by atoms with E-state index in [2.05, 4.69) is 10.4 Å². The SMILES string of the molecule is Cc1ccc(NC(=O)C(C)n2nc(-c3ccc(F)cc3)ccc2=O)cc1C. The fourth-order valence-corrected chi connectivity index (χ4v) is 2.65. The van der Waals surface area contributed by atoms with Crippen molar-refractivity contribution in [1.82, 2.24) is 9.78 Å². The molecule has 1 aromatic heterocycles. The first kappa shape index (κ1) is 18.5. The number of benzene rings is 2. The molecule has 1 atom stereocenters. The van der Waals surface area contributed by atoms with Crippen LogP contribution in [-0.4, -0.2) is 15.7 Å². The predicted molar refractivity (Wildman–Crippen MR) is 103 cm³/mol. The van der Waals surface area contributed by atoms with E-state index < -0.39 is 6.04 Å². The Bertz CT molecular complexity index is 1040. The standard InChI is InChI=1S/C21H20FN3O2/c1-13-4-9-18(12-14(13)2)23-21(27)15(3)25-20(26)11-10-19(24-25)16-5-7-17(22)8-6-16/h4-12,15H,1-3H3,(H,23,27). The van der Waals surface area contributed by atoms with Gasteiger partial charge in [-0.05, 0) is 74.4 Å². The van der Waals surface area contributed by atoms with Crippen molar-refractivity contribution in [3.8, 4) is 11.3 Å². The third kappa shape index (κ3) is 4.11. The fraction of sp³-hybridized carbons (Fsp3) is 0.190. The maximum atomic E-state index is 13.1. The Morgan fingerprint density at radius 3 is 2.41 bits per heavy atom. The van der Waals surface area contributed by atoms with Crippen LogP contribution in [0.3, 0.4) is 0 Å². The van der Waals surface area contributed by atoms with Crippen molar-refractivity contribution >= 4 is 11.6 Å². The monoisotopic (exact) mass is 365 g/mol. The molecule has 1 amide bonds. The predicted octanol–water partition coefficient (Wildman–Crippen LogP) is 3.87. The van der Waals surface area contributed by atoms with Crippen LogP contribution in [-0.2, 0) is 4.79 Å². The zero-order valence-electron chi connectivity index (χ0n) is 15.4. The minimum atomic E-state index is -0.806. The van der Waals surface area contributed by atoms with E-state index in [1.165, 1.54) is 18.2 Å². The highest BCUT2D eigenvalue weighted by atomic mass is 19.1. The highest BCUT2D eigenvalue weighted by molar-refractivity contribution is 5.93. The Kier molecular flexibility index (Phi) is 5.16. The van der Waals surface area contributed by atoms with Crippen LogP contribution in [0.2, 0.25) is 0 Å². The van der Waals surface area contributed by atoms with Gasteiger partial charge in [0, 0.05) is 17.3 Å². The van der Waals surface area contributed by atoms with E-state index >= 15 is 0 Å². The summed E-state index contributed by atoms with van der Waals surface area (Å²) in [6, 6.07) is 13.5. The number of rotatable bonds is 4. The van der Waals surface area contributed by atoms with Gasteiger partial charge in [0.25, 0.3) is 5.56 Å². The molecule has 0 aliphatic carbocycles. The summed E-state index contributed by atoms with van der Waals surface area (Å²) in [5, 5.41) is 7.10. The van der Waals surface area contributed by atoms with Crippen LogP contribution in [0.5, 0.6) is 0 Å². The van der Waals surface area contributed by atoms with Gasteiger partial charge in [0.05, 0.1) is 5.69 Å². The van der Waals surface area contributed by atoms with Crippen LogP contribution in [0.25, 0.3) is 11.3 Å². The number of aromatic nitrogens is 2. The minimum absolute atomic E-state index is 0.343. The van der Waals surface area contributed by atoms with Crippen molar-refractivity contribution in [2.45, 2.75) is 26.8 Å². The number of hydrogen-bond acceptors (Lipinski definition) is 3. The van der Waals surface area contributed by atoms with Crippen LogP contribution in [0.1, 0.15) is 24.1 Å². The second-order valence-corrected chi connectivity index (χ2v) is 6.47. The van der Waals surface area contributed by atoms with Crippen molar-refractivity contribution < 1.29 is 9.18 Å². The third-order valence-electron chi connectivity index (χ3n) is 4.49. The Balaban J connectivity index is 1.86. The summed E-state index contributed by atoms with van der Waals surface area (Å²) in [5.41, 5.74) is 3.62. The van der Waals surface area contributed by atoms with Gasteiger partial charge < -0.3 is 5.32 Å². The van der Waals surface area contributed by atoms with Crippen LogP contribution in [0, 0.1) is 19.7 Å². The summed E-state index contributed by atoms with van der Waals surface area (Å²) >= 11 is 0. The molecular formula is C21H20FN3O2. The topological polar surface area (TPSA) is 64.0 Å². The number of nitrogens with zero attached hydrogens (tertiary/aromatic N) is 2. The molecule has 2 aromatic carbocycles. The van der Waals surface area contributed by atoms with Gasteiger partial charge in [0.2, 0.25) is 5.91 Å². The lowest BCUT2D eigenvalue weighted by Gasteiger charge is -2.15. The minimum Gasteiger partial charge on any atom is -0.324 e. The lowest BCUT2D eigenvalue weighted by molar-refractivity contribution is -0.119. The molecule has 3 aromatic rings. The number of amides is 1. The van der Waals surface area contributed by atoms with E-state index in [0.717, 1.165) is 15.8 Å². The van der Waals surface area contributed by atoms with Gasteiger partial charge >= 0.3 is 0 Å². The largest absolute Gasteiger partial charge is 0.324 e. The van der Waals surface area contributed by atoms with E-state index in [1.807, 2.05) is 32.0 Å². The van der Waals surface area contributed by atoms with Crippen molar-refractivity contribution in [3.63, 3.8) is 0 Å². The average Bonchev–Trinajstić information content (AvgIpc) is 2.65. The lowest BCUT2D eigenvalue weighted by Crippen LogP contribution is -2.33. The molecule has 0 aliphatic rings. The highest BCUT2D eigenvalue weighted by Gasteiger charge is 2.18. The molecule has 0 aliphatic heterocycles. The van der Waals surface area contributed by atoms with Gasteiger partial charge in [0.15, 0.2) is 0 Å². The molecular weight excluding hydrogens is 345 g/mol. The number of aryl methyl sites for hydroxylation is 2. The zero-order valence-corrected chi connectivity index (χ0v) is 15.4. The summed E-state index contributed by atoms with van der Waals surface area (Å²) in [6.07, 6.45) is 0. The Morgan fingerprint density at radius 2 is 1.74 bits per heavy atom. The van der Waals surface area contributed by atoms with Gasteiger partial charge in [0.1, 0.15) is 11.9 Å². The number of nitrogens with one attached hydrogen (secondary N) is 1. The van der Waals surface area contributed by atoms with Crippen molar-refractivity contribution in [2.75, 3.05) is 5.32 Å². The van der Waals surface area contributed by atoms with E-state index in [-0.39, 0.29) is 17.3 Å². The molecule has 0 bridgehead atoms. The second kappa shape index (κ2) is 7.53. The smallest absolute Gasteiger partial charge is 0.267 e. The van der Waals surface area contributed by atoms with Crippen LogP contribution in [0.4, 0.5) is 10.1 Å². The number of hydrogen-bond donors (Lipinski definition) is 1. The maximum Gasteiger partial charge on any atom is 0.267 e. The number of anilines is 1. The van der Waals surface area contributed by atoms with E-state index in [1.54, 1.807) is 25.1 Å². The lowest BCUT2D eigenvalue weighted by atomic mass is 10.1. The Hall–Kier alpha value is -3.28. The average molecular weight is 365 g/mol. The summed E-state index contributed by atoms with van der Waals surface area (Å²) in [4.78, 5) is 24.8. The molecule has 6 heteroatoms. The summed E-state index contributed by atoms with van der Waals surface area (Å²) < 4.78 is 14.2. The molecule has 0 saturated carbocycles. The quantitative estimate of drug-likeness (QED) is 0.763. The van der Waals surface area contributed by atoms with Crippen molar-refractivity contribution in [3.05, 3.63) is 81.9 Å². The maximum absolute atomic E-state index is 13.1. The van der Waals surface area contributed by atoms with E-state index in [4.69, 9.17) is 0 Å². The summed E-state index contributed by atoms with van der Waals surface area (Å²) in [7, 11) is 0. The Morgan fingerprint density at radius 1 is 1.04 bits per heavy atom. The fourth-order valence-electron chi connectivity index (χ4n) is 2.65. The first-order chi connectivity index (χ1) is 12.8. The first-order valence-corrected chi connectivity index (χ1v) is 8.59. The molecule has 5 nitrogen and oxygen atoms in total. The molecule has 0 saturated heterocycles. The zero-order chi connectivity index (χ0) is 19.6. The van der Waals surface area contributed by atoms with Crippen LogP contribution >= 0.6 is 0 Å². The number of carbonyl (C=O) groups is 1. The second-order valence-electron chi connectivity index (χ2n) is 6.47. The molecule has 0 fully saturated rings. The van der Waals surface area contributed by atoms with Gasteiger partial charge in [-0.2, -0.15) is 5.10 Å². The van der Waals surface area contributed by atoms with Gasteiger partial charge in [-0.25, -0.2) is 9.07 Å². The number of carbonyl (C=O) groups excluding carboxylic acids is 1. The van der Waals surface area contributed by atoms with E-state index in [0.29, 0.717) is 16.9 Å². The summed E-state index contributed by atoms with van der Waals surface area (Å²) in [6.45, 7) is 5.57. The molecule has 3 rings (SSSR count). The molecule has 27 heavy (non-hydrogen) atoms. The normalized spacial score (nSPS) is 11.9. The van der Waals surface area contributed by atoms with Crippen molar-refractivity contribution in [2.24, 2.45) is 0 Å². The first-order valence-electron chi connectivity index (χ1n) is 8.59. The molecule has 0 radical (unpaired) electrons. The van der Waals surface area contributed by atoms with Crippen LogP contribution in [0.15, 0.2) is 59.4 Å². The van der Waals surface area contributed by atoms with Crippen molar-refractivity contribution in [1.29, 1.82) is 0 Å². The molecule has 0 spiro atoms. The van der Waals surface area contributed by atoms with E-state index in [9.17, 15) is 14.0 Å². The van der Waals surface area contributed by atoms with Gasteiger partial charge in [-0.3, -0.25) is 9.59 Å². The molecule has 1 heterocycles. The van der Waals surface area contributed by atoms with Gasteiger partial charge in [-0.1, -0.05) is 6.07 Å². The number of halogens is 1. The molecule has 1 unspecified atom stereocenters. The molecule has 138 valence electrons. The highest BCUT2D eigenvalue weighted by Crippen LogP contribution is 2.18. The summed E-state index contributed by atoms with van der Waals surface area (Å²) in [5.74, 6) is -0.697.